The van der Waals surface area contributed by atoms with Crippen LogP contribution < -0.4 is 10.6 Å². The molecule has 1 saturated heterocycles. The van der Waals surface area contributed by atoms with Crippen LogP contribution in [0.1, 0.15) is 31.2 Å². The van der Waals surface area contributed by atoms with E-state index in [1.807, 2.05) is 17.0 Å². The number of benzene rings is 1. The van der Waals surface area contributed by atoms with Crippen molar-refractivity contribution in [3.63, 3.8) is 0 Å². The molecule has 3 rings (SSSR count). The Morgan fingerprint density at radius 1 is 1.23 bits per heavy atom. The summed E-state index contributed by atoms with van der Waals surface area (Å²) >= 11 is 0. The van der Waals surface area contributed by atoms with Gasteiger partial charge in [-0.2, -0.15) is 4.98 Å². The second-order valence-electron chi connectivity index (χ2n) is 6.70. The molecule has 0 bridgehead atoms. The van der Waals surface area contributed by atoms with E-state index >= 15 is 0 Å². The van der Waals surface area contributed by atoms with Gasteiger partial charge in [0.05, 0.1) is 5.52 Å². The van der Waals surface area contributed by atoms with Gasteiger partial charge in [-0.15, -0.1) is 6.58 Å². The van der Waals surface area contributed by atoms with Crippen molar-refractivity contribution in [3.8, 4) is 0 Å². The number of nitrogens with one attached hydrogen (secondary N) is 2. The molecule has 0 spiro atoms. The number of carbonyl (C=O) groups excluding carboxylic acids is 1. The van der Waals surface area contributed by atoms with Gasteiger partial charge in [0.25, 0.3) is 0 Å². The van der Waals surface area contributed by atoms with Crippen molar-refractivity contribution < 1.29 is 4.79 Å². The number of carbonyl (C=O) groups is 1. The zero-order valence-electron chi connectivity index (χ0n) is 15.4. The predicted octanol–water partition coefficient (Wildman–Crippen LogP) is 3.35. The molecule has 1 fully saturated rings. The van der Waals surface area contributed by atoms with Gasteiger partial charge >= 0.3 is 0 Å². The fraction of sp³-hybridized carbons (Fsp3) is 0.450. The van der Waals surface area contributed by atoms with Crippen molar-refractivity contribution >= 4 is 28.6 Å². The summed E-state index contributed by atoms with van der Waals surface area (Å²) in [5.41, 5.74) is 2.04. The molecule has 1 aliphatic rings. The van der Waals surface area contributed by atoms with E-state index in [0.717, 1.165) is 48.2 Å². The molecule has 1 aliphatic heterocycles. The molecule has 1 aromatic heterocycles. The molecule has 26 heavy (non-hydrogen) atoms. The Kier molecular flexibility index (Phi) is 6.04. The van der Waals surface area contributed by atoms with Gasteiger partial charge in [-0.1, -0.05) is 17.7 Å². The zero-order valence-corrected chi connectivity index (χ0v) is 15.4. The number of nitrogens with zero attached hydrogens (tertiary/aromatic N) is 3. The van der Waals surface area contributed by atoms with Crippen LogP contribution in [0.5, 0.6) is 0 Å². The third-order valence-electron chi connectivity index (χ3n) is 4.60. The standard InChI is InChI=1S/C20H27N5O/c1-3-10-21-19-16-14-15(2)7-8-17(16)23-20(24-19)22-11-9-18(26)25-12-5-4-6-13-25/h3,7-8,14H,1,4-6,9-13H2,2H3,(H2,21,22,23,24). The van der Waals surface area contributed by atoms with Gasteiger partial charge in [0, 0.05) is 38.0 Å². The van der Waals surface area contributed by atoms with Crippen molar-refractivity contribution in [2.45, 2.75) is 32.6 Å². The van der Waals surface area contributed by atoms with E-state index in [2.05, 4.69) is 40.2 Å². The SMILES string of the molecule is C=CCNc1nc(NCCC(=O)N2CCCCC2)nc2ccc(C)cc12. The number of aryl methyl sites for hydroxylation is 1. The Labute approximate surface area is 154 Å². The van der Waals surface area contributed by atoms with Crippen molar-refractivity contribution in [2.24, 2.45) is 0 Å². The molecule has 1 amide bonds. The van der Waals surface area contributed by atoms with Crippen LogP contribution in [0.15, 0.2) is 30.9 Å². The number of piperidine rings is 1. The number of hydrogen-bond donors (Lipinski definition) is 2. The predicted molar refractivity (Wildman–Crippen MR) is 106 cm³/mol. The van der Waals surface area contributed by atoms with Crippen LogP contribution in [0.25, 0.3) is 10.9 Å². The highest BCUT2D eigenvalue weighted by Gasteiger charge is 2.16. The molecule has 6 heteroatoms. The average Bonchev–Trinajstić information content (AvgIpc) is 2.67. The fourth-order valence-electron chi connectivity index (χ4n) is 3.21. The number of fused-ring (bicyclic) bond motifs is 1. The van der Waals surface area contributed by atoms with Crippen LogP contribution in [0.3, 0.4) is 0 Å². The van der Waals surface area contributed by atoms with E-state index in [9.17, 15) is 4.79 Å². The lowest BCUT2D eigenvalue weighted by atomic mass is 10.1. The first-order valence-corrected chi connectivity index (χ1v) is 9.32. The number of hydrogen-bond acceptors (Lipinski definition) is 5. The summed E-state index contributed by atoms with van der Waals surface area (Å²) < 4.78 is 0. The summed E-state index contributed by atoms with van der Waals surface area (Å²) in [7, 11) is 0. The largest absolute Gasteiger partial charge is 0.366 e. The van der Waals surface area contributed by atoms with Crippen molar-refractivity contribution in [3.05, 3.63) is 36.4 Å². The van der Waals surface area contributed by atoms with Crippen molar-refractivity contribution in [1.29, 1.82) is 0 Å². The van der Waals surface area contributed by atoms with Crippen LogP contribution in [0, 0.1) is 6.92 Å². The number of anilines is 2. The Hall–Kier alpha value is -2.63. The van der Waals surface area contributed by atoms with E-state index in [4.69, 9.17) is 0 Å². The van der Waals surface area contributed by atoms with Gasteiger partial charge in [-0.25, -0.2) is 4.98 Å². The summed E-state index contributed by atoms with van der Waals surface area (Å²) in [5.74, 6) is 1.53. The summed E-state index contributed by atoms with van der Waals surface area (Å²) in [4.78, 5) is 23.4. The van der Waals surface area contributed by atoms with E-state index in [0.29, 0.717) is 25.5 Å². The Bertz CT molecular complexity index is 783. The number of likely N-dealkylation sites (tertiary alicyclic amines) is 1. The molecule has 0 atom stereocenters. The minimum Gasteiger partial charge on any atom is -0.366 e. The van der Waals surface area contributed by atoms with E-state index < -0.39 is 0 Å². The van der Waals surface area contributed by atoms with E-state index in [-0.39, 0.29) is 5.91 Å². The normalized spacial score (nSPS) is 14.3. The van der Waals surface area contributed by atoms with Gasteiger partial charge in [-0.05, 0) is 38.3 Å². The summed E-state index contributed by atoms with van der Waals surface area (Å²) in [6.45, 7) is 8.74. The maximum absolute atomic E-state index is 12.3. The highest BCUT2D eigenvalue weighted by Crippen LogP contribution is 2.23. The third-order valence-corrected chi connectivity index (χ3v) is 4.60. The lowest BCUT2D eigenvalue weighted by Crippen LogP contribution is -2.36. The first kappa shape index (κ1) is 18.2. The lowest BCUT2D eigenvalue weighted by Gasteiger charge is -2.26. The molecule has 0 aliphatic carbocycles. The molecule has 0 saturated carbocycles. The number of amides is 1. The maximum Gasteiger partial charge on any atom is 0.225 e. The average molecular weight is 353 g/mol. The van der Waals surface area contributed by atoms with Crippen LogP contribution in [0.2, 0.25) is 0 Å². The van der Waals surface area contributed by atoms with Gasteiger partial charge in [0.15, 0.2) is 0 Å². The fourth-order valence-corrected chi connectivity index (χ4v) is 3.21. The summed E-state index contributed by atoms with van der Waals surface area (Å²) in [6.07, 6.45) is 5.72. The minimum atomic E-state index is 0.207. The van der Waals surface area contributed by atoms with Crippen molar-refractivity contribution in [2.75, 3.05) is 36.8 Å². The number of rotatable bonds is 7. The lowest BCUT2D eigenvalue weighted by molar-refractivity contribution is -0.131. The van der Waals surface area contributed by atoms with Crippen molar-refractivity contribution in [1.82, 2.24) is 14.9 Å². The highest BCUT2D eigenvalue weighted by molar-refractivity contribution is 5.90. The smallest absolute Gasteiger partial charge is 0.225 e. The van der Waals surface area contributed by atoms with Crippen LogP contribution in [-0.4, -0.2) is 47.0 Å². The van der Waals surface area contributed by atoms with Gasteiger partial charge in [0.2, 0.25) is 11.9 Å². The Balaban J connectivity index is 1.68. The van der Waals surface area contributed by atoms with E-state index in [1.165, 1.54) is 6.42 Å². The minimum absolute atomic E-state index is 0.207. The van der Waals surface area contributed by atoms with Crippen LogP contribution in [-0.2, 0) is 4.79 Å². The van der Waals surface area contributed by atoms with Crippen LogP contribution in [0.4, 0.5) is 11.8 Å². The molecule has 2 heterocycles. The van der Waals surface area contributed by atoms with Gasteiger partial charge in [0.1, 0.15) is 5.82 Å². The monoisotopic (exact) mass is 353 g/mol. The maximum atomic E-state index is 12.3. The molecule has 1 aromatic carbocycles. The summed E-state index contributed by atoms with van der Waals surface area (Å²) in [6, 6.07) is 6.11. The first-order valence-electron chi connectivity index (χ1n) is 9.32. The van der Waals surface area contributed by atoms with Crippen LogP contribution >= 0.6 is 0 Å². The molecule has 6 nitrogen and oxygen atoms in total. The number of aromatic nitrogens is 2. The molecule has 0 radical (unpaired) electrons. The molecule has 2 N–H and O–H groups in total. The molecule has 2 aromatic rings. The second-order valence-corrected chi connectivity index (χ2v) is 6.70. The third kappa shape index (κ3) is 4.50. The first-order chi connectivity index (χ1) is 12.7. The van der Waals surface area contributed by atoms with Gasteiger partial charge in [-0.3, -0.25) is 4.79 Å². The Morgan fingerprint density at radius 3 is 2.81 bits per heavy atom. The quantitative estimate of drug-likeness (QED) is 0.747. The highest BCUT2D eigenvalue weighted by atomic mass is 16.2. The topological polar surface area (TPSA) is 70.2 Å². The molecule has 138 valence electrons. The zero-order chi connectivity index (χ0) is 18.4. The molecular formula is C20H27N5O. The Morgan fingerprint density at radius 2 is 2.04 bits per heavy atom. The summed E-state index contributed by atoms with van der Waals surface area (Å²) in [5, 5.41) is 7.46. The van der Waals surface area contributed by atoms with Gasteiger partial charge < -0.3 is 15.5 Å². The molecular weight excluding hydrogens is 326 g/mol. The van der Waals surface area contributed by atoms with E-state index in [1.54, 1.807) is 6.08 Å². The molecule has 0 unspecified atom stereocenters. The second kappa shape index (κ2) is 8.65.